The fourth-order valence-electron chi connectivity index (χ4n) is 3.05. The third-order valence-electron chi connectivity index (χ3n) is 4.11. The quantitative estimate of drug-likeness (QED) is 0.548. The van der Waals surface area contributed by atoms with Crippen molar-refractivity contribution in [2.75, 3.05) is 6.26 Å². The van der Waals surface area contributed by atoms with Crippen molar-refractivity contribution < 1.29 is 17.2 Å². The van der Waals surface area contributed by atoms with Gasteiger partial charge in [-0.15, -0.1) is 0 Å². The van der Waals surface area contributed by atoms with Gasteiger partial charge in [-0.3, -0.25) is 4.57 Å². The first kappa shape index (κ1) is 16.6. The van der Waals surface area contributed by atoms with Crippen LogP contribution in [0.15, 0.2) is 53.7 Å². The van der Waals surface area contributed by atoms with E-state index in [0.717, 1.165) is 10.8 Å². The lowest BCUT2D eigenvalue weighted by molar-refractivity contribution is 0.0711. The van der Waals surface area contributed by atoms with Gasteiger partial charge in [-0.05, 0) is 24.3 Å². The van der Waals surface area contributed by atoms with E-state index in [1.165, 1.54) is 4.57 Å². The second kappa shape index (κ2) is 5.87. The van der Waals surface area contributed by atoms with Gasteiger partial charge < -0.3 is 4.57 Å². The number of sulfone groups is 1. The van der Waals surface area contributed by atoms with E-state index in [2.05, 4.69) is 9.97 Å². The van der Waals surface area contributed by atoms with Gasteiger partial charge in [0, 0.05) is 6.26 Å². The Bertz CT molecular complexity index is 1230. The molecule has 2 heterocycles. The number of hydrogen-bond acceptors (Lipinski definition) is 4. The van der Waals surface area contributed by atoms with Gasteiger partial charge in [0.2, 0.25) is 15.0 Å². The number of benzene rings is 2. The minimum absolute atomic E-state index is 0.0641. The average Bonchev–Trinajstić information content (AvgIpc) is 3.13. The van der Waals surface area contributed by atoms with Crippen LogP contribution in [0.5, 0.6) is 0 Å². The van der Waals surface area contributed by atoms with Crippen LogP contribution in [0.4, 0.5) is 8.78 Å². The first-order chi connectivity index (χ1) is 12.4. The normalized spacial score (nSPS) is 12.5. The highest BCUT2D eigenvalue weighted by Gasteiger charge is 2.23. The van der Waals surface area contributed by atoms with Gasteiger partial charge in [-0.1, -0.05) is 24.3 Å². The molecule has 0 aliphatic heterocycles. The summed E-state index contributed by atoms with van der Waals surface area (Å²) in [4.78, 5) is 8.44. The largest absolute Gasteiger partial charge is 0.320 e. The number of imidazole rings is 2. The molecule has 2 aromatic carbocycles. The van der Waals surface area contributed by atoms with Gasteiger partial charge in [-0.2, -0.15) is 8.78 Å². The molecule has 4 aromatic rings. The summed E-state index contributed by atoms with van der Waals surface area (Å²) in [7, 11) is -3.65. The van der Waals surface area contributed by atoms with Crippen LogP contribution in [0.1, 0.15) is 12.4 Å². The first-order valence-corrected chi connectivity index (χ1v) is 9.65. The molecule has 0 aliphatic rings. The summed E-state index contributed by atoms with van der Waals surface area (Å²) in [5.74, 6) is 0.0641. The highest BCUT2D eigenvalue weighted by atomic mass is 32.2. The number of para-hydroxylation sites is 4. The highest BCUT2D eigenvalue weighted by Crippen LogP contribution is 2.26. The molecule has 0 unspecified atom stereocenters. The average molecular weight is 376 g/mol. The van der Waals surface area contributed by atoms with Crippen molar-refractivity contribution in [2.24, 2.45) is 0 Å². The summed E-state index contributed by atoms with van der Waals surface area (Å²) >= 11 is 0. The Labute approximate surface area is 147 Å². The Balaban J connectivity index is 1.96. The topological polar surface area (TPSA) is 69.8 Å². The van der Waals surface area contributed by atoms with Gasteiger partial charge in [-0.25, -0.2) is 18.4 Å². The van der Waals surface area contributed by atoms with Crippen LogP contribution < -0.4 is 0 Å². The van der Waals surface area contributed by atoms with E-state index in [9.17, 15) is 17.2 Å². The SMILES string of the molecule is CS(=O)(=O)c1nc2ccccc2n1Cc1nc2ccccc2n1C(F)F. The van der Waals surface area contributed by atoms with Gasteiger partial charge >= 0.3 is 6.55 Å². The first-order valence-electron chi connectivity index (χ1n) is 7.75. The molecule has 26 heavy (non-hydrogen) atoms. The van der Waals surface area contributed by atoms with Gasteiger partial charge in [0.05, 0.1) is 28.6 Å². The number of rotatable bonds is 4. The molecule has 0 atom stereocenters. The lowest BCUT2D eigenvalue weighted by atomic mass is 10.3. The molecule has 6 nitrogen and oxygen atoms in total. The summed E-state index contributed by atoms with van der Waals surface area (Å²) < 4.78 is 53.8. The Morgan fingerprint density at radius 3 is 2.15 bits per heavy atom. The van der Waals surface area contributed by atoms with Crippen LogP contribution in [0.3, 0.4) is 0 Å². The van der Waals surface area contributed by atoms with Crippen molar-refractivity contribution in [1.82, 2.24) is 19.1 Å². The Hall–Kier alpha value is -2.81. The fraction of sp³-hybridized carbons (Fsp3) is 0.176. The Morgan fingerprint density at radius 1 is 0.962 bits per heavy atom. The molecule has 0 aliphatic carbocycles. The second-order valence-electron chi connectivity index (χ2n) is 5.91. The van der Waals surface area contributed by atoms with Crippen molar-refractivity contribution in [1.29, 1.82) is 0 Å². The second-order valence-corrected chi connectivity index (χ2v) is 7.82. The van der Waals surface area contributed by atoms with Crippen molar-refractivity contribution in [3.63, 3.8) is 0 Å². The number of aromatic nitrogens is 4. The fourth-order valence-corrected chi connectivity index (χ4v) is 3.88. The van der Waals surface area contributed by atoms with Crippen LogP contribution in [0, 0.1) is 0 Å². The zero-order valence-corrected chi connectivity index (χ0v) is 14.5. The molecular formula is C17H14F2N4O2S. The maximum absolute atomic E-state index is 13.6. The molecule has 0 spiro atoms. The monoisotopic (exact) mass is 376 g/mol. The molecule has 0 saturated heterocycles. The molecule has 2 aromatic heterocycles. The van der Waals surface area contributed by atoms with E-state index in [4.69, 9.17) is 0 Å². The number of alkyl halides is 2. The van der Waals surface area contributed by atoms with E-state index in [1.807, 2.05) is 0 Å². The van der Waals surface area contributed by atoms with Crippen molar-refractivity contribution in [2.45, 2.75) is 18.3 Å². The maximum atomic E-state index is 13.6. The van der Waals surface area contributed by atoms with Crippen molar-refractivity contribution in [3.05, 3.63) is 54.4 Å². The predicted molar refractivity (Wildman–Crippen MR) is 92.9 cm³/mol. The molecule has 0 N–H and O–H groups in total. The minimum atomic E-state index is -3.65. The molecule has 0 fully saturated rings. The molecule has 0 radical (unpaired) electrons. The summed E-state index contributed by atoms with van der Waals surface area (Å²) in [5.41, 5.74) is 1.74. The zero-order chi connectivity index (χ0) is 18.5. The molecular weight excluding hydrogens is 362 g/mol. The van der Waals surface area contributed by atoms with Gasteiger partial charge in [0.25, 0.3) is 0 Å². The molecule has 0 saturated carbocycles. The molecule has 134 valence electrons. The molecule has 0 bridgehead atoms. The van der Waals surface area contributed by atoms with Crippen LogP contribution >= 0.6 is 0 Å². The van der Waals surface area contributed by atoms with E-state index < -0.39 is 16.4 Å². The van der Waals surface area contributed by atoms with E-state index in [0.29, 0.717) is 22.1 Å². The zero-order valence-electron chi connectivity index (χ0n) is 13.7. The number of nitrogens with zero attached hydrogens (tertiary/aromatic N) is 4. The summed E-state index contributed by atoms with van der Waals surface area (Å²) in [6.07, 6.45) is 1.04. The van der Waals surface area contributed by atoms with Crippen LogP contribution in [-0.4, -0.2) is 33.8 Å². The van der Waals surface area contributed by atoms with Crippen molar-refractivity contribution >= 4 is 31.9 Å². The number of fused-ring (bicyclic) bond motifs is 2. The van der Waals surface area contributed by atoms with Crippen molar-refractivity contribution in [3.8, 4) is 0 Å². The maximum Gasteiger partial charge on any atom is 0.320 e. The third-order valence-corrected chi connectivity index (χ3v) is 5.09. The van der Waals surface area contributed by atoms with Crippen LogP contribution in [-0.2, 0) is 16.4 Å². The predicted octanol–water partition coefficient (Wildman–Crippen LogP) is 3.23. The molecule has 4 rings (SSSR count). The Kier molecular flexibility index (Phi) is 3.76. The molecule has 0 amide bonds. The van der Waals surface area contributed by atoms with Gasteiger partial charge in [0.15, 0.2) is 0 Å². The number of halogens is 2. The summed E-state index contributed by atoms with van der Waals surface area (Å²) in [6, 6.07) is 13.4. The molecule has 9 heteroatoms. The van der Waals surface area contributed by atoms with E-state index in [-0.39, 0.29) is 17.5 Å². The van der Waals surface area contributed by atoms with Crippen LogP contribution in [0.25, 0.3) is 22.1 Å². The number of hydrogen-bond donors (Lipinski definition) is 0. The smallest absolute Gasteiger partial charge is 0.307 e. The van der Waals surface area contributed by atoms with Gasteiger partial charge in [0.1, 0.15) is 5.82 Å². The lowest BCUT2D eigenvalue weighted by Gasteiger charge is -2.11. The lowest BCUT2D eigenvalue weighted by Crippen LogP contribution is -2.14. The van der Waals surface area contributed by atoms with Crippen LogP contribution in [0.2, 0.25) is 0 Å². The summed E-state index contributed by atoms with van der Waals surface area (Å²) in [6.45, 7) is -2.93. The standard InChI is InChI=1S/C17H14F2N4O2S/c1-26(24,25)17-21-11-6-2-4-8-13(11)22(17)10-15-20-12-7-3-5-9-14(12)23(15)16(18)19/h2-9,16H,10H2,1H3. The van der Waals surface area contributed by atoms with E-state index >= 15 is 0 Å². The Morgan fingerprint density at radius 2 is 1.54 bits per heavy atom. The third kappa shape index (κ3) is 2.64. The summed E-state index contributed by atoms with van der Waals surface area (Å²) in [5, 5.41) is -0.174. The van der Waals surface area contributed by atoms with E-state index in [1.54, 1.807) is 48.5 Å². The highest BCUT2D eigenvalue weighted by molar-refractivity contribution is 7.90. The minimum Gasteiger partial charge on any atom is -0.307 e.